The fourth-order valence-corrected chi connectivity index (χ4v) is 1.47. The van der Waals surface area contributed by atoms with Gasteiger partial charge in [0, 0.05) is 6.92 Å². The van der Waals surface area contributed by atoms with Gasteiger partial charge < -0.3 is 4.42 Å². The van der Waals surface area contributed by atoms with Gasteiger partial charge >= 0.3 is 0 Å². The van der Waals surface area contributed by atoms with Crippen molar-refractivity contribution in [1.29, 1.82) is 0 Å². The third-order valence-corrected chi connectivity index (χ3v) is 2.26. The van der Waals surface area contributed by atoms with Gasteiger partial charge in [0.05, 0.1) is 11.9 Å². The molecule has 2 heterocycles. The van der Waals surface area contributed by atoms with Crippen LogP contribution in [0.2, 0.25) is 0 Å². The van der Waals surface area contributed by atoms with Crippen molar-refractivity contribution >= 4 is 0 Å². The van der Waals surface area contributed by atoms with Crippen molar-refractivity contribution in [2.45, 2.75) is 6.92 Å². The zero-order chi connectivity index (χ0) is 11.7. The van der Waals surface area contributed by atoms with Crippen LogP contribution < -0.4 is 0 Å². The predicted molar refractivity (Wildman–Crippen MR) is 59.4 cm³/mol. The lowest BCUT2D eigenvalue weighted by atomic mass is 10.3. The monoisotopic (exact) mass is 227 g/mol. The number of hydrogen-bond donors (Lipinski definition) is 0. The Morgan fingerprint density at radius 2 is 1.88 bits per heavy atom. The Morgan fingerprint density at radius 1 is 1.06 bits per heavy atom. The van der Waals surface area contributed by atoms with Gasteiger partial charge in [-0.05, 0) is 12.1 Å². The largest absolute Gasteiger partial charge is 0.420 e. The SMILES string of the molecule is Cc1nnc(-c2cn(-c3ccccc3)nn2)o1. The van der Waals surface area contributed by atoms with Gasteiger partial charge in [-0.2, -0.15) is 0 Å². The molecule has 0 unspecified atom stereocenters. The number of hydrogen-bond acceptors (Lipinski definition) is 5. The van der Waals surface area contributed by atoms with Gasteiger partial charge in [0.25, 0.3) is 5.89 Å². The van der Waals surface area contributed by atoms with Crippen LogP contribution >= 0.6 is 0 Å². The minimum atomic E-state index is 0.379. The van der Waals surface area contributed by atoms with Crippen LogP contribution in [0.15, 0.2) is 40.9 Å². The van der Waals surface area contributed by atoms with E-state index < -0.39 is 0 Å². The second kappa shape index (κ2) is 3.82. The smallest absolute Gasteiger partial charge is 0.269 e. The Labute approximate surface area is 96.9 Å². The maximum atomic E-state index is 5.28. The standard InChI is InChI=1S/C11H9N5O/c1-8-12-14-11(17-8)10-7-16(15-13-10)9-5-3-2-4-6-9/h2-7H,1H3. The maximum absolute atomic E-state index is 5.28. The molecule has 0 saturated heterocycles. The summed E-state index contributed by atoms with van der Waals surface area (Å²) in [7, 11) is 0. The second-order valence-electron chi connectivity index (χ2n) is 3.51. The third kappa shape index (κ3) is 1.80. The molecule has 84 valence electrons. The molecule has 0 aliphatic carbocycles. The van der Waals surface area contributed by atoms with Crippen LogP contribution in [0.4, 0.5) is 0 Å². The lowest BCUT2D eigenvalue weighted by Gasteiger charge is -1.96. The van der Waals surface area contributed by atoms with Crippen molar-refractivity contribution in [3.05, 3.63) is 42.4 Å². The van der Waals surface area contributed by atoms with Crippen molar-refractivity contribution in [1.82, 2.24) is 25.2 Å². The van der Waals surface area contributed by atoms with Crippen LogP contribution in [-0.2, 0) is 0 Å². The molecular weight excluding hydrogens is 218 g/mol. The zero-order valence-corrected chi connectivity index (χ0v) is 9.11. The van der Waals surface area contributed by atoms with E-state index in [-0.39, 0.29) is 0 Å². The summed E-state index contributed by atoms with van der Waals surface area (Å²) < 4.78 is 6.94. The first kappa shape index (κ1) is 9.71. The number of nitrogens with zero attached hydrogens (tertiary/aromatic N) is 5. The van der Waals surface area contributed by atoms with Gasteiger partial charge in [-0.15, -0.1) is 15.3 Å². The van der Waals surface area contributed by atoms with E-state index in [1.54, 1.807) is 17.8 Å². The molecule has 0 spiro atoms. The van der Waals surface area contributed by atoms with Crippen LogP contribution in [0.5, 0.6) is 0 Å². The molecule has 0 aliphatic rings. The van der Waals surface area contributed by atoms with E-state index in [0.29, 0.717) is 17.5 Å². The Balaban J connectivity index is 1.99. The Hall–Kier alpha value is -2.50. The first-order valence-electron chi connectivity index (χ1n) is 5.11. The van der Waals surface area contributed by atoms with Crippen molar-refractivity contribution < 1.29 is 4.42 Å². The highest BCUT2D eigenvalue weighted by Gasteiger charge is 2.10. The van der Waals surface area contributed by atoms with Gasteiger partial charge in [0.15, 0.2) is 5.69 Å². The Bertz CT molecular complexity index is 628. The summed E-state index contributed by atoms with van der Waals surface area (Å²) in [5.41, 5.74) is 1.50. The van der Waals surface area contributed by atoms with Gasteiger partial charge in [-0.3, -0.25) is 0 Å². The zero-order valence-electron chi connectivity index (χ0n) is 9.11. The molecule has 3 aromatic rings. The summed E-state index contributed by atoms with van der Waals surface area (Å²) in [6.07, 6.45) is 1.75. The van der Waals surface area contributed by atoms with E-state index in [0.717, 1.165) is 5.69 Å². The number of rotatable bonds is 2. The molecule has 1 aromatic carbocycles. The Morgan fingerprint density at radius 3 is 2.59 bits per heavy atom. The normalized spacial score (nSPS) is 10.6. The topological polar surface area (TPSA) is 69.6 Å². The fourth-order valence-electron chi connectivity index (χ4n) is 1.47. The van der Waals surface area contributed by atoms with Crippen molar-refractivity contribution in [2.24, 2.45) is 0 Å². The van der Waals surface area contributed by atoms with Crippen LogP contribution in [-0.4, -0.2) is 25.2 Å². The fraction of sp³-hybridized carbons (Fsp3) is 0.0909. The van der Waals surface area contributed by atoms with E-state index in [1.165, 1.54) is 0 Å². The number of aryl methyl sites for hydroxylation is 1. The van der Waals surface area contributed by atoms with Crippen LogP contribution in [0.3, 0.4) is 0 Å². The average Bonchev–Trinajstić information content (AvgIpc) is 2.98. The number of benzene rings is 1. The lowest BCUT2D eigenvalue weighted by molar-refractivity contribution is 0.531. The summed E-state index contributed by atoms with van der Waals surface area (Å²) in [4.78, 5) is 0. The van der Waals surface area contributed by atoms with Gasteiger partial charge in [0.2, 0.25) is 5.89 Å². The molecule has 0 amide bonds. The van der Waals surface area contributed by atoms with Crippen molar-refractivity contribution in [2.75, 3.05) is 0 Å². The maximum Gasteiger partial charge on any atom is 0.269 e. The molecule has 0 saturated carbocycles. The van der Waals surface area contributed by atoms with Crippen molar-refractivity contribution in [3.8, 4) is 17.3 Å². The van der Waals surface area contributed by atoms with Gasteiger partial charge in [-0.25, -0.2) is 4.68 Å². The first-order valence-corrected chi connectivity index (χ1v) is 5.11. The highest BCUT2D eigenvalue weighted by molar-refractivity contribution is 5.45. The minimum absolute atomic E-state index is 0.379. The van der Waals surface area contributed by atoms with Gasteiger partial charge in [-0.1, -0.05) is 23.4 Å². The van der Waals surface area contributed by atoms with Crippen molar-refractivity contribution in [3.63, 3.8) is 0 Å². The second-order valence-corrected chi connectivity index (χ2v) is 3.51. The quantitative estimate of drug-likeness (QED) is 0.665. The molecule has 0 bridgehead atoms. The highest BCUT2D eigenvalue weighted by atomic mass is 16.4. The van der Waals surface area contributed by atoms with E-state index in [1.807, 2.05) is 30.3 Å². The van der Waals surface area contributed by atoms with E-state index in [9.17, 15) is 0 Å². The molecule has 0 fully saturated rings. The molecule has 0 aliphatic heterocycles. The van der Waals surface area contributed by atoms with Crippen LogP contribution in [0, 0.1) is 6.92 Å². The number of aromatic nitrogens is 5. The molecular formula is C11H9N5O. The van der Waals surface area contributed by atoms with Crippen LogP contribution in [0.1, 0.15) is 5.89 Å². The molecule has 2 aromatic heterocycles. The molecule has 17 heavy (non-hydrogen) atoms. The Kier molecular flexibility index (Phi) is 2.18. The molecule has 0 radical (unpaired) electrons. The van der Waals surface area contributed by atoms with Crippen LogP contribution in [0.25, 0.3) is 17.3 Å². The third-order valence-electron chi connectivity index (χ3n) is 2.26. The molecule has 6 heteroatoms. The summed E-state index contributed by atoms with van der Waals surface area (Å²) in [6.45, 7) is 1.73. The molecule has 0 N–H and O–H groups in total. The lowest BCUT2D eigenvalue weighted by Crippen LogP contribution is -1.93. The summed E-state index contributed by atoms with van der Waals surface area (Å²) in [5.74, 6) is 0.888. The molecule has 3 rings (SSSR count). The van der Waals surface area contributed by atoms with Gasteiger partial charge in [0.1, 0.15) is 0 Å². The summed E-state index contributed by atoms with van der Waals surface area (Å²) in [5, 5.41) is 15.6. The van der Waals surface area contributed by atoms with E-state index in [4.69, 9.17) is 4.42 Å². The number of para-hydroxylation sites is 1. The molecule has 0 atom stereocenters. The van der Waals surface area contributed by atoms with E-state index >= 15 is 0 Å². The predicted octanol–water partition coefficient (Wildman–Crippen LogP) is 1.63. The highest BCUT2D eigenvalue weighted by Crippen LogP contribution is 2.15. The first-order chi connectivity index (χ1) is 8.33. The molecule has 6 nitrogen and oxygen atoms in total. The minimum Gasteiger partial charge on any atom is -0.420 e. The average molecular weight is 227 g/mol. The summed E-state index contributed by atoms with van der Waals surface area (Å²) >= 11 is 0. The summed E-state index contributed by atoms with van der Waals surface area (Å²) in [6, 6.07) is 9.71. The van der Waals surface area contributed by atoms with E-state index in [2.05, 4.69) is 20.5 Å².